The third-order valence-corrected chi connectivity index (χ3v) is 5.74. The van der Waals surface area contributed by atoms with Crippen LogP contribution >= 0.6 is 0 Å². The molecular formula is C22H31FN6O3. The van der Waals surface area contributed by atoms with Gasteiger partial charge in [0.2, 0.25) is 11.8 Å². The number of aromatic nitrogens is 2. The van der Waals surface area contributed by atoms with Crippen LogP contribution in [0.25, 0.3) is 10.9 Å². The molecule has 5 N–H and O–H groups in total. The molecule has 0 saturated carbocycles. The Morgan fingerprint density at radius 1 is 1.25 bits per heavy atom. The highest BCUT2D eigenvalue weighted by molar-refractivity contribution is 6.06. The Morgan fingerprint density at radius 3 is 2.53 bits per heavy atom. The van der Waals surface area contributed by atoms with E-state index in [1.807, 2.05) is 20.8 Å². The van der Waals surface area contributed by atoms with Gasteiger partial charge in [0.05, 0.1) is 11.4 Å². The molecule has 0 aliphatic carbocycles. The number of hydrogen-bond donors (Lipinski definition) is 3. The second-order valence-corrected chi connectivity index (χ2v) is 9.34. The molecule has 32 heavy (non-hydrogen) atoms. The van der Waals surface area contributed by atoms with E-state index in [4.69, 9.17) is 11.5 Å². The number of hydrogen-bond acceptors (Lipinski definition) is 5. The van der Waals surface area contributed by atoms with Crippen LogP contribution in [-0.4, -0.2) is 58.1 Å². The highest BCUT2D eigenvalue weighted by Gasteiger charge is 2.42. The molecule has 3 amide bonds. The Morgan fingerprint density at radius 2 is 1.94 bits per heavy atom. The number of likely N-dealkylation sites (tertiary alicyclic amines) is 1. The van der Waals surface area contributed by atoms with E-state index < -0.39 is 29.1 Å². The second-order valence-electron chi connectivity index (χ2n) is 9.34. The summed E-state index contributed by atoms with van der Waals surface area (Å²) in [4.78, 5) is 39.1. The van der Waals surface area contributed by atoms with Gasteiger partial charge in [-0.3, -0.25) is 19.1 Å². The zero-order chi connectivity index (χ0) is 23.6. The number of carbonyl (C=O) groups excluding carboxylic acids is 3. The normalized spacial score (nSPS) is 15.5. The molecule has 1 saturated heterocycles. The summed E-state index contributed by atoms with van der Waals surface area (Å²) in [6, 6.07) is 3.31. The van der Waals surface area contributed by atoms with Crippen molar-refractivity contribution in [1.29, 1.82) is 0 Å². The van der Waals surface area contributed by atoms with Crippen molar-refractivity contribution < 1.29 is 18.8 Å². The molecule has 10 heteroatoms. The number of amides is 3. The molecule has 1 aliphatic heterocycles. The first-order valence-electron chi connectivity index (χ1n) is 10.8. The molecule has 0 radical (unpaired) electrons. The molecule has 1 aromatic heterocycles. The van der Waals surface area contributed by atoms with E-state index in [-0.39, 0.29) is 30.6 Å². The van der Waals surface area contributed by atoms with Crippen molar-refractivity contribution in [1.82, 2.24) is 20.0 Å². The molecule has 1 atom stereocenters. The molecular weight excluding hydrogens is 415 g/mol. The Bertz CT molecular complexity index is 1020. The average molecular weight is 447 g/mol. The Kier molecular flexibility index (Phi) is 6.82. The standard InChI is InChI=1S/C22H31FN6O3/c1-22(2,3)18(21(32)28-11-13(12-28)19(25)30)26-20(31)17-15-7-6-14(23)10-16(15)29(27-17)9-5-4-8-24/h6-7,10,13,18H,4-5,8-9,11-12,24H2,1-3H3,(H2,25,30)(H,26,31)/t18-/m1/s1. The van der Waals surface area contributed by atoms with Gasteiger partial charge in [-0.05, 0) is 43.0 Å². The number of nitrogens with one attached hydrogen (secondary N) is 1. The van der Waals surface area contributed by atoms with Crippen molar-refractivity contribution in [2.24, 2.45) is 22.8 Å². The van der Waals surface area contributed by atoms with Crippen molar-refractivity contribution in [3.63, 3.8) is 0 Å². The minimum absolute atomic E-state index is 0.133. The van der Waals surface area contributed by atoms with Crippen LogP contribution in [0.1, 0.15) is 44.1 Å². The highest BCUT2D eigenvalue weighted by atomic mass is 19.1. The lowest BCUT2D eigenvalue weighted by atomic mass is 9.84. The second kappa shape index (κ2) is 9.23. The lowest BCUT2D eigenvalue weighted by Gasteiger charge is -2.42. The Balaban J connectivity index is 1.85. The molecule has 0 unspecified atom stereocenters. The molecule has 3 rings (SSSR count). The molecule has 9 nitrogen and oxygen atoms in total. The minimum atomic E-state index is -0.832. The van der Waals surface area contributed by atoms with E-state index in [0.717, 1.165) is 12.8 Å². The summed E-state index contributed by atoms with van der Waals surface area (Å²) in [6.45, 7) is 7.06. The number of fused-ring (bicyclic) bond motifs is 1. The third kappa shape index (κ3) is 4.90. The molecule has 0 bridgehead atoms. The first-order chi connectivity index (χ1) is 15.0. The summed E-state index contributed by atoms with van der Waals surface area (Å²) in [5, 5.41) is 7.75. The van der Waals surface area contributed by atoms with Gasteiger partial charge < -0.3 is 21.7 Å². The largest absolute Gasteiger partial charge is 0.369 e. The smallest absolute Gasteiger partial charge is 0.273 e. The Labute approximate surface area is 186 Å². The quantitative estimate of drug-likeness (QED) is 0.520. The highest BCUT2D eigenvalue weighted by Crippen LogP contribution is 2.26. The number of nitrogens with zero attached hydrogens (tertiary/aromatic N) is 3. The van der Waals surface area contributed by atoms with Gasteiger partial charge in [-0.25, -0.2) is 4.39 Å². The van der Waals surface area contributed by atoms with E-state index in [2.05, 4.69) is 10.4 Å². The van der Waals surface area contributed by atoms with Crippen LogP contribution in [0.5, 0.6) is 0 Å². The fourth-order valence-corrected chi connectivity index (χ4v) is 3.76. The zero-order valence-corrected chi connectivity index (χ0v) is 18.7. The number of benzene rings is 1. The lowest BCUT2D eigenvalue weighted by Crippen LogP contribution is -2.62. The summed E-state index contributed by atoms with van der Waals surface area (Å²) in [5.41, 5.74) is 10.9. The van der Waals surface area contributed by atoms with Crippen molar-refractivity contribution in [3.8, 4) is 0 Å². The number of carbonyl (C=O) groups is 3. The van der Waals surface area contributed by atoms with Crippen LogP contribution in [0, 0.1) is 17.2 Å². The molecule has 1 aliphatic rings. The Hall–Kier alpha value is -3.01. The lowest BCUT2D eigenvalue weighted by molar-refractivity contribution is -0.145. The first-order valence-corrected chi connectivity index (χ1v) is 10.8. The molecule has 0 spiro atoms. The van der Waals surface area contributed by atoms with Gasteiger partial charge in [-0.2, -0.15) is 5.10 Å². The zero-order valence-electron chi connectivity index (χ0n) is 18.7. The van der Waals surface area contributed by atoms with Crippen molar-refractivity contribution in [2.75, 3.05) is 19.6 Å². The van der Waals surface area contributed by atoms with Gasteiger partial charge in [-0.15, -0.1) is 0 Å². The van der Waals surface area contributed by atoms with E-state index >= 15 is 0 Å². The van der Waals surface area contributed by atoms with Gasteiger partial charge in [0, 0.05) is 25.0 Å². The molecule has 2 aromatic rings. The molecule has 1 aromatic carbocycles. The summed E-state index contributed by atoms with van der Waals surface area (Å²) in [5.74, 6) is -2.02. The van der Waals surface area contributed by atoms with Gasteiger partial charge in [0.25, 0.3) is 5.91 Å². The maximum Gasteiger partial charge on any atom is 0.273 e. The van der Waals surface area contributed by atoms with Crippen LogP contribution < -0.4 is 16.8 Å². The number of rotatable bonds is 8. The minimum Gasteiger partial charge on any atom is -0.369 e. The van der Waals surface area contributed by atoms with Crippen LogP contribution in [0.15, 0.2) is 18.2 Å². The summed E-state index contributed by atoms with van der Waals surface area (Å²) < 4.78 is 15.5. The van der Waals surface area contributed by atoms with E-state index in [9.17, 15) is 18.8 Å². The number of aryl methyl sites for hydroxylation is 1. The predicted molar refractivity (Wildman–Crippen MR) is 118 cm³/mol. The maximum absolute atomic E-state index is 13.9. The van der Waals surface area contributed by atoms with Crippen molar-refractivity contribution in [3.05, 3.63) is 29.7 Å². The SMILES string of the molecule is CC(C)(C)[C@H](NC(=O)c1nn(CCCCN)c2cc(F)ccc12)C(=O)N1CC(C(N)=O)C1. The van der Waals surface area contributed by atoms with Crippen molar-refractivity contribution >= 4 is 28.6 Å². The average Bonchev–Trinajstić information content (AvgIpc) is 3.01. The van der Waals surface area contributed by atoms with E-state index in [1.165, 1.54) is 23.1 Å². The summed E-state index contributed by atoms with van der Waals surface area (Å²) in [7, 11) is 0. The number of halogens is 1. The van der Waals surface area contributed by atoms with Crippen LogP contribution in [0.3, 0.4) is 0 Å². The summed E-state index contributed by atoms with van der Waals surface area (Å²) >= 11 is 0. The summed E-state index contributed by atoms with van der Waals surface area (Å²) in [6.07, 6.45) is 1.52. The topological polar surface area (TPSA) is 136 Å². The maximum atomic E-state index is 13.9. The van der Waals surface area contributed by atoms with Gasteiger partial charge >= 0.3 is 0 Å². The van der Waals surface area contributed by atoms with Crippen LogP contribution in [-0.2, 0) is 16.1 Å². The fraction of sp³-hybridized carbons (Fsp3) is 0.545. The van der Waals surface area contributed by atoms with Gasteiger partial charge in [0.15, 0.2) is 5.69 Å². The fourth-order valence-electron chi connectivity index (χ4n) is 3.76. The first kappa shape index (κ1) is 23.6. The van der Waals surface area contributed by atoms with Crippen LogP contribution in [0.4, 0.5) is 4.39 Å². The number of unbranched alkanes of at least 4 members (excludes halogenated alkanes) is 1. The predicted octanol–water partition coefficient (Wildman–Crippen LogP) is 1.00. The van der Waals surface area contributed by atoms with E-state index in [1.54, 1.807) is 4.68 Å². The monoisotopic (exact) mass is 446 g/mol. The van der Waals surface area contributed by atoms with Crippen LogP contribution in [0.2, 0.25) is 0 Å². The van der Waals surface area contributed by atoms with Crippen molar-refractivity contribution in [2.45, 2.75) is 46.2 Å². The third-order valence-electron chi connectivity index (χ3n) is 5.74. The molecule has 1 fully saturated rings. The number of primary amides is 1. The number of nitrogens with two attached hydrogens (primary N) is 2. The van der Waals surface area contributed by atoms with Gasteiger partial charge in [0.1, 0.15) is 11.9 Å². The molecule has 174 valence electrons. The van der Waals surface area contributed by atoms with Gasteiger partial charge in [-0.1, -0.05) is 20.8 Å². The van der Waals surface area contributed by atoms with E-state index in [0.29, 0.717) is 24.0 Å². The molecule has 2 heterocycles.